The number of nitrogens with zero attached hydrogens (tertiary/aromatic N) is 1. The molecule has 1 amide bonds. The van der Waals surface area contributed by atoms with Gasteiger partial charge in [-0.25, -0.2) is 4.39 Å². The number of amides is 1. The molecular formula is C17H24ClFN2O. The van der Waals surface area contributed by atoms with E-state index in [2.05, 4.69) is 12.2 Å². The second kappa shape index (κ2) is 7.93. The van der Waals surface area contributed by atoms with Crippen LogP contribution in [0.2, 0.25) is 5.02 Å². The number of benzene rings is 1. The van der Waals surface area contributed by atoms with Gasteiger partial charge in [0, 0.05) is 23.2 Å². The van der Waals surface area contributed by atoms with Gasteiger partial charge in [0.1, 0.15) is 5.82 Å². The molecule has 1 aliphatic rings. The molecule has 0 aliphatic heterocycles. The Kier molecular flexibility index (Phi) is 6.21. The topological polar surface area (TPSA) is 32.3 Å². The first kappa shape index (κ1) is 17.2. The summed E-state index contributed by atoms with van der Waals surface area (Å²) in [5.41, 5.74) is 0.436. The van der Waals surface area contributed by atoms with E-state index in [1.54, 1.807) is 24.1 Å². The molecule has 1 N–H and O–H groups in total. The summed E-state index contributed by atoms with van der Waals surface area (Å²) in [5, 5.41) is 3.50. The van der Waals surface area contributed by atoms with Crippen LogP contribution in [0, 0.1) is 11.7 Å². The van der Waals surface area contributed by atoms with Gasteiger partial charge in [-0.15, -0.1) is 0 Å². The Labute approximate surface area is 136 Å². The Morgan fingerprint density at radius 2 is 2.14 bits per heavy atom. The maximum absolute atomic E-state index is 13.8. The molecule has 122 valence electrons. The van der Waals surface area contributed by atoms with Crippen molar-refractivity contribution in [2.24, 2.45) is 5.92 Å². The third-order valence-electron chi connectivity index (χ3n) is 4.36. The number of likely N-dealkylation sites (N-methyl/N-ethyl adjacent to an activating group) is 1. The summed E-state index contributed by atoms with van der Waals surface area (Å²) in [5.74, 6) is 0.193. The lowest BCUT2D eigenvalue weighted by Gasteiger charge is -2.30. The fourth-order valence-corrected chi connectivity index (χ4v) is 3.26. The van der Waals surface area contributed by atoms with Crippen LogP contribution in [-0.4, -0.2) is 30.4 Å². The van der Waals surface area contributed by atoms with Crippen molar-refractivity contribution in [3.05, 3.63) is 34.6 Å². The van der Waals surface area contributed by atoms with E-state index in [1.165, 1.54) is 25.3 Å². The SMILES string of the molecule is C[C@H]1CCCC[C@H]1NC(=O)CN(C)Cc1c(F)cccc1Cl. The van der Waals surface area contributed by atoms with Crippen LogP contribution in [0.3, 0.4) is 0 Å². The predicted octanol–water partition coefficient (Wildman–Crippen LogP) is 3.61. The zero-order valence-electron chi connectivity index (χ0n) is 13.2. The van der Waals surface area contributed by atoms with Crippen LogP contribution in [-0.2, 0) is 11.3 Å². The standard InChI is InChI=1S/C17H24ClFN2O/c1-12-6-3-4-9-16(12)20-17(22)11-21(2)10-13-14(18)7-5-8-15(13)19/h5,7-8,12,16H,3-4,6,9-11H2,1-2H3,(H,20,22)/t12-,16+/m0/s1. The Morgan fingerprint density at radius 3 is 2.82 bits per heavy atom. The van der Waals surface area contributed by atoms with Gasteiger partial charge < -0.3 is 5.32 Å². The lowest BCUT2D eigenvalue weighted by molar-refractivity contribution is -0.123. The van der Waals surface area contributed by atoms with Gasteiger partial charge in [0.15, 0.2) is 0 Å². The van der Waals surface area contributed by atoms with E-state index in [-0.39, 0.29) is 24.3 Å². The zero-order chi connectivity index (χ0) is 16.1. The van der Waals surface area contributed by atoms with Crippen LogP contribution < -0.4 is 5.32 Å². The van der Waals surface area contributed by atoms with E-state index in [9.17, 15) is 9.18 Å². The molecule has 0 heterocycles. The maximum Gasteiger partial charge on any atom is 0.234 e. The van der Waals surface area contributed by atoms with Crippen LogP contribution in [0.25, 0.3) is 0 Å². The molecule has 3 nitrogen and oxygen atoms in total. The second-order valence-electron chi connectivity index (χ2n) is 6.31. The molecule has 1 saturated carbocycles. The normalized spacial score (nSPS) is 21.9. The number of rotatable bonds is 5. The number of nitrogens with one attached hydrogen (secondary N) is 1. The van der Waals surface area contributed by atoms with Gasteiger partial charge in [0.2, 0.25) is 5.91 Å². The summed E-state index contributed by atoms with van der Waals surface area (Å²) >= 11 is 6.02. The molecule has 5 heteroatoms. The quantitative estimate of drug-likeness (QED) is 0.896. The highest BCUT2D eigenvalue weighted by Crippen LogP contribution is 2.24. The average Bonchev–Trinajstić information content (AvgIpc) is 2.45. The van der Waals surface area contributed by atoms with Crippen molar-refractivity contribution in [1.82, 2.24) is 10.2 Å². The third kappa shape index (κ3) is 4.68. The lowest BCUT2D eigenvalue weighted by atomic mass is 9.86. The van der Waals surface area contributed by atoms with E-state index in [0.29, 0.717) is 23.0 Å². The minimum Gasteiger partial charge on any atom is -0.352 e. The first-order valence-corrected chi connectivity index (χ1v) is 8.26. The fraction of sp³-hybridized carbons (Fsp3) is 0.588. The second-order valence-corrected chi connectivity index (χ2v) is 6.72. The van der Waals surface area contributed by atoms with Crippen molar-refractivity contribution in [2.45, 2.75) is 45.2 Å². The average molecular weight is 327 g/mol. The van der Waals surface area contributed by atoms with E-state index < -0.39 is 0 Å². The van der Waals surface area contributed by atoms with Gasteiger partial charge >= 0.3 is 0 Å². The number of carbonyl (C=O) groups excluding carboxylic acids is 1. The molecule has 1 aromatic carbocycles. The third-order valence-corrected chi connectivity index (χ3v) is 4.72. The first-order valence-electron chi connectivity index (χ1n) is 7.88. The van der Waals surface area contributed by atoms with Crippen molar-refractivity contribution in [2.75, 3.05) is 13.6 Å². The molecule has 1 aliphatic carbocycles. The van der Waals surface area contributed by atoms with Gasteiger partial charge in [-0.1, -0.05) is 37.4 Å². The van der Waals surface area contributed by atoms with Gasteiger partial charge in [0.25, 0.3) is 0 Å². The highest BCUT2D eigenvalue weighted by atomic mass is 35.5. The van der Waals surface area contributed by atoms with Crippen LogP contribution in [0.5, 0.6) is 0 Å². The van der Waals surface area contributed by atoms with Gasteiger partial charge in [-0.2, -0.15) is 0 Å². The number of halogens is 2. The molecule has 0 unspecified atom stereocenters. The molecule has 0 bridgehead atoms. The smallest absolute Gasteiger partial charge is 0.234 e. The largest absolute Gasteiger partial charge is 0.352 e. The summed E-state index contributed by atoms with van der Waals surface area (Å²) in [6.45, 7) is 2.75. The molecule has 0 saturated heterocycles. The Morgan fingerprint density at radius 1 is 1.41 bits per heavy atom. The van der Waals surface area contributed by atoms with Crippen molar-refractivity contribution in [3.63, 3.8) is 0 Å². The number of carbonyl (C=O) groups is 1. The Bertz CT molecular complexity index is 503. The molecule has 1 fully saturated rings. The molecular weight excluding hydrogens is 303 g/mol. The minimum atomic E-state index is -0.333. The van der Waals surface area contributed by atoms with E-state index in [1.807, 2.05) is 0 Å². The van der Waals surface area contributed by atoms with Crippen molar-refractivity contribution >= 4 is 17.5 Å². The highest BCUT2D eigenvalue weighted by Gasteiger charge is 2.23. The molecule has 22 heavy (non-hydrogen) atoms. The van der Waals surface area contributed by atoms with Crippen molar-refractivity contribution in [3.8, 4) is 0 Å². The number of hydrogen-bond donors (Lipinski definition) is 1. The van der Waals surface area contributed by atoms with Crippen LogP contribution in [0.15, 0.2) is 18.2 Å². The summed E-state index contributed by atoms with van der Waals surface area (Å²) in [6.07, 6.45) is 4.65. The molecule has 2 atom stereocenters. The zero-order valence-corrected chi connectivity index (χ0v) is 14.0. The summed E-state index contributed by atoms with van der Waals surface area (Å²) in [7, 11) is 1.80. The molecule has 1 aromatic rings. The van der Waals surface area contributed by atoms with E-state index in [0.717, 1.165) is 6.42 Å². The molecule has 0 radical (unpaired) electrons. The lowest BCUT2D eigenvalue weighted by Crippen LogP contribution is -2.44. The number of hydrogen-bond acceptors (Lipinski definition) is 2. The van der Waals surface area contributed by atoms with Crippen LogP contribution >= 0.6 is 11.6 Å². The van der Waals surface area contributed by atoms with Crippen LogP contribution in [0.4, 0.5) is 4.39 Å². The van der Waals surface area contributed by atoms with Gasteiger partial charge in [-0.05, 0) is 37.9 Å². The van der Waals surface area contributed by atoms with E-state index in [4.69, 9.17) is 11.6 Å². The Hall–Kier alpha value is -1.13. The fourth-order valence-electron chi connectivity index (χ4n) is 3.04. The van der Waals surface area contributed by atoms with Gasteiger partial charge in [0.05, 0.1) is 6.54 Å². The van der Waals surface area contributed by atoms with E-state index >= 15 is 0 Å². The monoisotopic (exact) mass is 326 g/mol. The summed E-state index contributed by atoms with van der Waals surface area (Å²) in [6, 6.07) is 4.90. The summed E-state index contributed by atoms with van der Waals surface area (Å²) in [4.78, 5) is 13.9. The molecule has 2 rings (SSSR count). The molecule has 0 aromatic heterocycles. The van der Waals surface area contributed by atoms with Crippen LogP contribution in [0.1, 0.15) is 38.2 Å². The molecule has 0 spiro atoms. The predicted molar refractivity (Wildman–Crippen MR) is 87.3 cm³/mol. The first-order chi connectivity index (χ1) is 10.5. The maximum atomic E-state index is 13.8. The Balaban J connectivity index is 1.86. The van der Waals surface area contributed by atoms with Gasteiger partial charge in [-0.3, -0.25) is 9.69 Å². The highest BCUT2D eigenvalue weighted by molar-refractivity contribution is 6.31. The summed E-state index contributed by atoms with van der Waals surface area (Å²) < 4.78 is 13.8. The van der Waals surface area contributed by atoms with Crippen molar-refractivity contribution < 1.29 is 9.18 Å². The minimum absolute atomic E-state index is 0.00582. The van der Waals surface area contributed by atoms with Crippen molar-refractivity contribution in [1.29, 1.82) is 0 Å².